The minimum Gasteiger partial charge on any atom is -0.359 e. The molecule has 1 aromatic rings. The molecule has 1 saturated heterocycles. The molecule has 0 bridgehead atoms. The van der Waals surface area contributed by atoms with Crippen LogP contribution in [0.4, 0.5) is 0 Å². The monoisotopic (exact) mass is 340 g/mol. The van der Waals surface area contributed by atoms with Gasteiger partial charge in [-0.15, -0.1) is 36.2 Å². The molecular formula is C12H22Cl2N4OS. The average Bonchev–Trinajstić information content (AvgIpc) is 2.79. The summed E-state index contributed by atoms with van der Waals surface area (Å²) in [6.07, 6.45) is 0.387. The Kier molecular flexibility index (Phi) is 9.33. The van der Waals surface area contributed by atoms with Crippen molar-refractivity contribution in [1.82, 2.24) is 20.5 Å². The Morgan fingerprint density at radius 3 is 3.00 bits per heavy atom. The van der Waals surface area contributed by atoms with Gasteiger partial charge in [-0.2, -0.15) is 0 Å². The first-order valence-electron chi connectivity index (χ1n) is 6.27. The van der Waals surface area contributed by atoms with Crippen molar-refractivity contribution < 1.29 is 4.79 Å². The maximum Gasteiger partial charge on any atom is 0.226 e. The summed E-state index contributed by atoms with van der Waals surface area (Å²) in [5.41, 5.74) is 1.08. The highest BCUT2D eigenvalue weighted by Crippen LogP contribution is 2.14. The number of carbonyl (C=O) groups is 1. The van der Waals surface area contributed by atoms with Crippen LogP contribution in [0, 0.1) is 0 Å². The van der Waals surface area contributed by atoms with Gasteiger partial charge >= 0.3 is 0 Å². The number of halogens is 2. The number of nitrogens with zero attached hydrogens (tertiary/aromatic N) is 2. The second kappa shape index (κ2) is 9.52. The van der Waals surface area contributed by atoms with Crippen molar-refractivity contribution in [2.45, 2.75) is 25.9 Å². The predicted octanol–water partition coefficient (Wildman–Crippen LogP) is 1.07. The van der Waals surface area contributed by atoms with Crippen LogP contribution in [0.1, 0.15) is 17.6 Å². The maximum atomic E-state index is 11.3. The molecule has 1 amide bonds. The van der Waals surface area contributed by atoms with Crippen LogP contribution in [0.5, 0.6) is 0 Å². The second-order valence-corrected chi connectivity index (χ2v) is 5.55. The zero-order valence-electron chi connectivity index (χ0n) is 11.7. The lowest BCUT2D eigenvalue weighted by Gasteiger charge is -2.33. The van der Waals surface area contributed by atoms with Gasteiger partial charge in [-0.25, -0.2) is 4.98 Å². The summed E-state index contributed by atoms with van der Waals surface area (Å²) in [6.45, 7) is 6.25. The molecule has 1 aromatic heterocycles. The number of hydrogen-bond acceptors (Lipinski definition) is 5. The SMILES string of the molecule is CNC(=O)Cc1nc(CN2CCNC[C@H]2C)cs1.Cl.Cl. The van der Waals surface area contributed by atoms with Crippen molar-refractivity contribution in [3.05, 3.63) is 16.1 Å². The summed E-state index contributed by atoms with van der Waals surface area (Å²) >= 11 is 1.57. The third-order valence-electron chi connectivity index (χ3n) is 3.19. The Bertz CT molecular complexity index is 416. The van der Waals surface area contributed by atoms with Gasteiger partial charge < -0.3 is 10.6 Å². The molecule has 1 atom stereocenters. The van der Waals surface area contributed by atoms with Crippen LogP contribution in [0.2, 0.25) is 0 Å². The van der Waals surface area contributed by atoms with Gasteiger partial charge in [-0.3, -0.25) is 9.69 Å². The lowest BCUT2D eigenvalue weighted by Crippen LogP contribution is -2.49. The van der Waals surface area contributed by atoms with E-state index < -0.39 is 0 Å². The molecule has 0 unspecified atom stereocenters. The Morgan fingerprint density at radius 1 is 1.60 bits per heavy atom. The van der Waals surface area contributed by atoms with E-state index in [2.05, 4.69) is 32.8 Å². The number of hydrogen-bond donors (Lipinski definition) is 2. The summed E-state index contributed by atoms with van der Waals surface area (Å²) in [4.78, 5) is 18.2. The molecule has 0 aliphatic carbocycles. The number of rotatable bonds is 4. The fourth-order valence-electron chi connectivity index (χ4n) is 2.05. The van der Waals surface area contributed by atoms with E-state index in [1.807, 2.05) is 0 Å². The van der Waals surface area contributed by atoms with Crippen molar-refractivity contribution in [2.75, 3.05) is 26.7 Å². The topological polar surface area (TPSA) is 57.3 Å². The molecule has 1 aliphatic heterocycles. The molecule has 2 N–H and O–H groups in total. The van der Waals surface area contributed by atoms with Gasteiger partial charge in [-0.05, 0) is 6.92 Å². The van der Waals surface area contributed by atoms with Gasteiger partial charge in [-0.1, -0.05) is 0 Å². The molecule has 1 fully saturated rings. The molecule has 0 spiro atoms. The van der Waals surface area contributed by atoms with Crippen molar-refractivity contribution >= 4 is 42.1 Å². The Labute approximate surface area is 136 Å². The van der Waals surface area contributed by atoms with Gasteiger partial charge in [0.2, 0.25) is 5.91 Å². The average molecular weight is 341 g/mol. The van der Waals surface area contributed by atoms with E-state index in [4.69, 9.17) is 0 Å². The smallest absolute Gasteiger partial charge is 0.226 e. The van der Waals surface area contributed by atoms with Crippen LogP contribution < -0.4 is 10.6 Å². The third-order valence-corrected chi connectivity index (χ3v) is 4.09. The van der Waals surface area contributed by atoms with Crippen LogP contribution in [0.3, 0.4) is 0 Å². The molecule has 2 rings (SSSR count). The standard InChI is InChI=1S/C12H20N4OS.2ClH/c1-9-6-14-3-4-16(9)7-10-8-18-12(15-10)5-11(17)13-2;;/h8-9,14H,3-7H2,1-2H3,(H,13,17);2*1H/t9-;;/m1../s1. The van der Waals surface area contributed by atoms with Crippen LogP contribution in [-0.2, 0) is 17.8 Å². The van der Waals surface area contributed by atoms with E-state index in [9.17, 15) is 4.79 Å². The third kappa shape index (κ3) is 5.54. The number of piperazine rings is 1. The van der Waals surface area contributed by atoms with Crippen molar-refractivity contribution in [3.8, 4) is 0 Å². The first kappa shape index (κ1) is 19.6. The van der Waals surface area contributed by atoms with Crippen LogP contribution >= 0.6 is 36.2 Å². The summed E-state index contributed by atoms with van der Waals surface area (Å²) in [6, 6.07) is 0.544. The fraction of sp³-hybridized carbons (Fsp3) is 0.667. The lowest BCUT2D eigenvalue weighted by atomic mass is 10.2. The van der Waals surface area contributed by atoms with Gasteiger partial charge in [0, 0.05) is 44.6 Å². The van der Waals surface area contributed by atoms with Gasteiger partial charge in [0.15, 0.2) is 0 Å². The number of likely N-dealkylation sites (N-methyl/N-ethyl adjacent to an activating group) is 1. The first-order chi connectivity index (χ1) is 8.69. The van der Waals surface area contributed by atoms with Crippen molar-refractivity contribution in [3.63, 3.8) is 0 Å². The normalized spacial score (nSPS) is 18.8. The quantitative estimate of drug-likeness (QED) is 0.860. The van der Waals surface area contributed by atoms with Gasteiger partial charge in [0.05, 0.1) is 12.1 Å². The molecule has 2 heterocycles. The van der Waals surface area contributed by atoms with E-state index >= 15 is 0 Å². The molecule has 20 heavy (non-hydrogen) atoms. The summed E-state index contributed by atoms with van der Waals surface area (Å²) in [5, 5.41) is 8.96. The van der Waals surface area contributed by atoms with E-state index in [0.29, 0.717) is 12.5 Å². The number of carbonyl (C=O) groups excluding carboxylic acids is 1. The molecule has 8 heteroatoms. The molecular weight excluding hydrogens is 319 g/mol. The van der Waals surface area contributed by atoms with E-state index in [0.717, 1.165) is 36.9 Å². The molecule has 0 radical (unpaired) electrons. The van der Waals surface area contributed by atoms with E-state index in [-0.39, 0.29) is 30.7 Å². The van der Waals surface area contributed by atoms with Crippen LogP contribution in [-0.4, -0.2) is 48.5 Å². The Hall–Kier alpha value is -0.400. The number of nitrogens with one attached hydrogen (secondary N) is 2. The van der Waals surface area contributed by atoms with Crippen molar-refractivity contribution in [1.29, 1.82) is 0 Å². The molecule has 116 valence electrons. The summed E-state index contributed by atoms with van der Waals surface area (Å²) in [5.74, 6) is 0.0199. The predicted molar refractivity (Wildman–Crippen MR) is 87.1 cm³/mol. The summed E-state index contributed by atoms with van der Waals surface area (Å²) in [7, 11) is 1.65. The lowest BCUT2D eigenvalue weighted by molar-refractivity contribution is -0.119. The molecule has 0 aromatic carbocycles. The number of thiazole rings is 1. The van der Waals surface area contributed by atoms with E-state index in [1.54, 1.807) is 18.4 Å². The minimum absolute atomic E-state index is 0. The highest BCUT2D eigenvalue weighted by Gasteiger charge is 2.19. The number of amides is 1. The Morgan fingerprint density at radius 2 is 2.35 bits per heavy atom. The zero-order chi connectivity index (χ0) is 13.0. The maximum absolute atomic E-state index is 11.3. The van der Waals surface area contributed by atoms with Crippen LogP contribution in [0.15, 0.2) is 5.38 Å². The highest BCUT2D eigenvalue weighted by molar-refractivity contribution is 7.09. The van der Waals surface area contributed by atoms with E-state index in [1.165, 1.54) is 0 Å². The summed E-state index contributed by atoms with van der Waals surface area (Å²) < 4.78 is 0. The minimum atomic E-state index is 0. The molecule has 1 aliphatic rings. The van der Waals surface area contributed by atoms with Crippen molar-refractivity contribution in [2.24, 2.45) is 0 Å². The fourth-order valence-corrected chi connectivity index (χ4v) is 2.84. The number of aromatic nitrogens is 1. The van der Waals surface area contributed by atoms with Crippen LogP contribution in [0.25, 0.3) is 0 Å². The zero-order valence-corrected chi connectivity index (χ0v) is 14.2. The first-order valence-corrected chi connectivity index (χ1v) is 7.15. The largest absolute Gasteiger partial charge is 0.359 e. The molecule has 5 nitrogen and oxygen atoms in total. The second-order valence-electron chi connectivity index (χ2n) is 4.61. The highest BCUT2D eigenvalue weighted by atomic mass is 35.5. The Balaban J connectivity index is 0.00000180. The molecule has 0 saturated carbocycles. The van der Waals surface area contributed by atoms with Gasteiger partial charge in [0.1, 0.15) is 5.01 Å². The van der Waals surface area contributed by atoms with Gasteiger partial charge in [0.25, 0.3) is 0 Å².